The maximum Gasteiger partial charge on any atom is 4.00 e. The molecule has 0 spiro atoms. The van der Waals surface area contributed by atoms with E-state index in [2.05, 4.69) is 13.8 Å². The standard InChI is InChI=1S/C12H25.C6H6O3S.3C3H7O.Ti/c1-3-5-7-9-11-12-10-8-6-4-2;7-10(8,9)6-4-2-1-3-5-6;3*1-3(2)4;/h1,3-12H2,2H3;1-5H,(H,7,8,9);3*3H,1-2H3;/q-1;;3*-1;+4. The van der Waals surface area contributed by atoms with Gasteiger partial charge in [-0.15, -0.1) is 18.3 Å². The molecule has 0 atom stereocenters. The van der Waals surface area contributed by atoms with Gasteiger partial charge in [-0.3, -0.25) is 4.55 Å². The molecule has 1 N–H and O–H groups in total. The van der Waals surface area contributed by atoms with Crippen LogP contribution in [0.5, 0.6) is 0 Å². The molecule has 0 unspecified atom stereocenters. The summed E-state index contributed by atoms with van der Waals surface area (Å²) in [5.41, 5.74) is 0. The summed E-state index contributed by atoms with van der Waals surface area (Å²) in [5, 5.41) is 28.6. The maximum atomic E-state index is 10.4. The van der Waals surface area contributed by atoms with Crippen LogP contribution in [-0.2, 0) is 31.8 Å². The van der Waals surface area contributed by atoms with Gasteiger partial charge in [-0.2, -0.15) is 14.8 Å². The zero-order valence-corrected chi connectivity index (χ0v) is 25.7. The van der Waals surface area contributed by atoms with Gasteiger partial charge in [0, 0.05) is 0 Å². The van der Waals surface area contributed by atoms with Crippen LogP contribution < -0.4 is 15.3 Å². The molecule has 0 saturated heterocycles. The number of benzene rings is 1. The van der Waals surface area contributed by atoms with Gasteiger partial charge in [-0.25, -0.2) is 0 Å². The first-order valence-corrected chi connectivity index (χ1v) is 13.9. The summed E-state index contributed by atoms with van der Waals surface area (Å²) in [4.78, 5) is -0.0741. The van der Waals surface area contributed by atoms with E-state index in [0.717, 1.165) is 6.42 Å². The quantitative estimate of drug-likeness (QED) is 0.190. The second kappa shape index (κ2) is 33.7. The third-order valence-corrected chi connectivity index (χ3v) is 4.26. The van der Waals surface area contributed by atoms with Crippen LogP contribution in [0, 0.1) is 6.92 Å². The molecule has 0 amide bonds. The number of rotatable bonds is 10. The minimum Gasteiger partial charge on any atom is -0.852 e. The summed E-state index contributed by atoms with van der Waals surface area (Å²) in [6.45, 7) is 15.8. The first-order valence-electron chi connectivity index (χ1n) is 12.5. The van der Waals surface area contributed by atoms with Crippen LogP contribution in [0.25, 0.3) is 0 Å². The Kier molecular flexibility index (Phi) is 43.1. The van der Waals surface area contributed by atoms with Crippen molar-refractivity contribution in [3.63, 3.8) is 0 Å². The number of hydrogen-bond donors (Lipinski definition) is 1. The summed E-state index contributed by atoms with van der Waals surface area (Å²) < 4.78 is 29.2. The average Bonchev–Trinajstić information content (AvgIpc) is 2.69. The molecule has 0 saturated carbocycles. The normalized spacial score (nSPS) is 9.91. The fourth-order valence-corrected chi connectivity index (χ4v) is 2.58. The summed E-state index contributed by atoms with van der Waals surface area (Å²) in [5.74, 6) is 0. The Hall–Kier alpha value is -0.276. The van der Waals surface area contributed by atoms with Crippen LogP contribution in [0.15, 0.2) is 35.2 Å². The van der Waals surface area contributed by atoms with Crippen LogP contribution in [0.2, 0.25) is 0 Å². The Morgan fingerprint density at radius 2 is 1.00 bits per heavy atom. The van der Waals surface area contributed by atoms with E-state index in [1.165, 1.54) is 69.9 Å². The second-order valence-electron chi connectivity index (χ2n) is 8.62. The average molecular weight is 553 g/mol. The van der Waals surface area contributed by atoms with Crippen LogP contribution in [-0.4, -0.2) is 31.3 Å². The molecule has 0 fully saturated rings. The van der Waals surface area contributed by atoms with E-state index in [-0.39, 0.29) is 26.6 Å². The van der Waals surface area contributed by atoms with Gasteiger partial charge in [-0.1, -0.05) is 124 Å². The first kappa shape index (κ1) is 44.7. The van der Waals surface area contributed by atoms with Gasteiger partial charge < -0.3 is 22.2 Å². The SMILES string of the molecule is CC(C)[O-].CC(C)[O-].CC(C)[O-].O=S(=O)(O)c1ccccc1.[CH2-]CCCCCCCCCCC.[Ti+4]. The molecule has 1 aromatic rings. The molecule has 35 heavy (non-hydrogen) atoms. The fraction of sp³-hybridized carbons (Fsp3) is 0.741. The predicted molar refractivity (Wildman–Crippen MR) is 139 cm³/mol. The third-order valence-electron chi connectivity index (χ3n) is 3.39. The molecule has 0 aliphatic rings. The Morgan fingerprint density at radius 3 is 1.23 bits per heavy atom. The second-order valence-corrected chi connectivity index (χ2v) is 10.0. The third kappa shape index (κ3) is 65.7. The van der Waals surface area contributed by atoms with Gasteiger partial charge >= 0.3 is 21.7 Å². The van der Waals surface area contributed by atoms with Gasteiger partial charge in [0.1, 0.15) is 0 Å². The van der Waals surface area contributed by atoms with E-state index in [9.17, 15) is 23.7 Å². The predicted octanol–water partition coefficient (Wildman–Crippen LogP) is 4.94. The van der Waals surface area contributed by atoms with Crippen molar-refractivity contribution in [2.45, 2.75) is 136 Å². The molecule has 0 bridgehead atoms. The van der Waals surface area contributed by atoms with Crippen molar-refractivity contribution >= 4 is 10.1 Å². The van der Waals surface area contributed by atoms with E-state index >= 15 is 0 Å². The van der Waals surface area contributed by atoms with Gasteiger partial charge in [0.25, 0.3) is 10.1 Å². The van der Waals surface area contributed by atoms with Crippen molar-refractivity contribution in [3.8, 4) is 0 Å². The van der Waals surface area contributed by atoms with E-state index in [4.69, 9.17) is 4.55 Å². The Labute approximate surface area is 232 Å². The summed E-state index contributed by atoms with van der Waals surface area (Å²) >= 11 is 0. The van der Waals surface area contributed by atoms with E-state index in [0.29, 0.717) is 0 Å². The molecule has 0 aliphatic heterocycles. The minimum atomic E-state index is -4.00. The van der Waals surface area contributed by atoms with Crippen LogP contribution >= 0.6 is 0 Å². The Morgan fingerprint density at radius 1 is 0.714 bits per heavy atom. The molecule has 0 radical (unpaired) electrons. The fourth-order valence-electron chi connectivity index (χ4n) is 2.08. The Bertz CT molecular complexity index is 546. The summed E-state index contributed by atoms with van der Waals surface area (Å²) in [6, 6.07) is 7.42. The van der Waals surface area contributed by atoms with Crippen LogP contribution in [0.3, 0.4) is 0 Å². The maximum absolute atomic E-state index is 10.4. The van der Waals surface area contributed by atoms with Crippen molar-refractivity contribution in [1.82, 2.24) is 0 Å². The minimum absolute atomic E-state index is 0. The molecule has 0 aliphatic carbocycles. The molecule has 1 rings (SSSR count). The van der Waals surface area contributed by atoms with Crippen LogP contribution in [0.4, 0.5) is 0 Å². The van der Waals surface area contributed by atoms with Crippen molar-refractivity contribution in [3.05, 3.63) is 37.3 Å². The van der Waals surface area contributed by atoms with Gasteiger partial charge in [0.15, 0.2) is 0 Å². The first-order chi connectivity index (χ1) is 15.7. The number of hydrogen-bond acceptors (Lipinski definition) is 5. The largest absolute Gasteiger partial charge is 4.00 e. The molecule has 0 aromatic heterocycles. The summed E-state index contributed by atoms with van der Waals surface area (Å²) in [6.07, 6.45) is 12.6. The molecular weight excluding hydrogens is 500 g/mol. The molecular formula is C27H52O6STi. The monoisotopic (exact) mass is 552 g/mol. The molecule has 6 nitrogen and oxygen atoms in total. The van der Waals surface area contributed by atoms with E-state index < -0.39 is 28.4 Å². The van der Waals surface area contributed by atoms with E-state index in [1.807, 2.05) is 0 Å². The topological polar surface area (TPSA) is 124 Å². The van der Waals surface area contributed by atoms with E-state index in [1.54, 1.807) is 59.7 Å². The van der Waals surface area contributed by atoms with Crippen LogP contribution in [0.1, 0.15) is 113 Å². The molecule has 8 heteroatoms. The van der Waals surface area contributed by atoms with Gasteiger partial charge in [0.05, 0.1) is 4.90 Å². The molecule has 1 aromatic carbocycles. The van der Waals surface area contributed by atoms with Crippen molar-refractivity contribution in [2.24, 2.45) is 0 Å². The zero-order chi connectivity index (χ0) is 27.4. The smallest absolute Gasteiger partial charge is 0.852 e. The van der Waals surface area contributed by atoms with Gasteiger partial charge in [0.2, 0.25) is 0 Å². The Balaban J connectivity index is -0.000000117. The van der Waals surface area contributed by atoms with Crippen molar-refractivity contribution in [2.75, 3.05) is 0 Å². The number of unbranched alkanes of at least 4 members (excludes halogenated alkanes) is 9. The zero-order valence-electron chi connectivity index (χ0n) is 23.3. The summed E-state index contributed by atoms with van der Waals surface area (Å²) in [7, 11) is -4.00. The van der Waals surface area contributed by atoms with Crippen molar-refractivity contribution in [1.29, 1.82) is 0 Å². The molecule has 0 heterocycles. The van der Waals surface area contributed by atoms with Crippen molar-refractivity contribution < 1.29 is 50.0 Å². The van der Waals surface area contributed by atoms with Gasteiger partial charge in [-0.05, 0) is 12.1 Å². The molecule has 206 valence electrons.